The summed E-state index contributed by atoms with van der Waals surface area (Å²) in [6.07, 6.45) is 5.45. The first-order valence-corrected chi connectivity index (χ1v) is 4.21. The predicted molar refractivity (Wildman–Crippen MR) is 54.4 cm³/mol. The Labute approximate surface area is 79.4 Å². The molecule has 0 aliphatic carbocycles. The van der Waals surface area contributed by atoms with Gasteiger partial charge in [0.05, 0.1) is 7.11 Å². The first kappa shape index (κ1) is 11.3. The second kappa shape index (κ2) is 5.90. The first-order valence-electron chi connectivity index (χ1n) is 3.77. The second-order valence-electron chi connectivity index (χ2n) is 2.65. The van der Waals surface area contributed by atoms with Crippen molar-refractivity contribution in [2.24, 2.45) is 0 Å². The molecule has 0 heterocycles. The van der Waals surface area contributed by atoms with Gasteiger partial charge in [0.1, 0.15) is 11.1 Å². The van der Waals surface area contributed by atoms with Gasteiger partial charge in [-0.15, -0.1) is 18.2 Å². The molecule has 0 radical (unpaired) electrons. The van der Waals surface area contributed by atoms with Crippen LogP contribution in [-0.4, -0.2) is 12.5 Å². The summed E-state index contributed by atoms with van der Waals surface area (Å²) in [6.45, 7) is 7.61. The van der Waals surface area contributed by atoms with Gasteiger partial charge in [0.15, 0.2) is 0 Å². The fourth-order valence-corrected chi connectivity index (χ4v) is 0.799. The monoisotopic (exact) mass is 186 g/mol. The molecule has 0 saturated carbocycles. The Morgan fingerprint density at radius 2 is 2.00 bits per heavy atom. The van der Waals surface area contributed by atoms with Crippen LogP contribution in [0.25, 0.3) is 0 Å². The van der Waals surface area contributed by atoms with Crippen molar-refractivity contribution in [3.8, 4) is 0 Å². The number of hydrogen-bond donors (Lipinski definition) is 0. The number of hydrogen-bond acceptors (Lipinski definition) is 1. The Bertz CT molecular complexity index is 200. The van der Waals surface area contributed by atoms with Crippen molar-refractivity contribution >= 4 is 11.6 Å². The Morgan fingerprint density at radius 1 is 1.42 bits per heavy atom. The molecule has 0 amide bonds. The van der Waals surface area contributed by atoms with Gasteiger partial charge in [0, 0.05) is 0 Å². The summed E-state index contributed by atoms with van der Waals surface area (Å²) in [5.74, 6) is 0.716. The normalized spacial score (nSPS) is 13.5. The average molecular weight is 187 g/mol. The van der Waals surface area contributed by atoms with Crippen LogP contribution in [0.15, 0.2) is 36.1 Å². The Morgan fingerprint density at radius 3 is 2.33 bits per heavy atom. The fraction of sp³-hybridized carbons (Fsp3) is 0.400. The van der Waals surface area contributed by atoms with Crippen molar-refractivity contribution < 1.29 is 4.74 Å². The van der Waals surface area contributed by atoms with E-state index in [1.165, 1.54) is 5.57 Å². The van der Waals surface area contributed by atoms with Crippen molar-refractivity contribution in [2.75, 3.05) is 7.11 Å². The molecule has 1 unspecified atom stereocenters. The molecular formula is C10H15ClO. The van der Waals surface area contributed by atoms with E-state index in [1.54, 1.807) is 13.2 Å². The molecule has 0 aromatic carbocycles. The lowest BCUT2D eigenvalue weighted by molar-refractivity contribution is 0.286. The summed E-state index contributed by atoms with van der Waals surface area (Å²) >= 11 is 5.87. The van der Waals surface area contributed by atoms with Gasteiger partial charge in [-0.3, -0.25) is 0 Å². The Balaban J connectivity index is 4.43. The third-order valence-electron chi connectivity index (χ3n) is 1.30. The number of halogens is 1. The van der Waals surface area contributed by atoms with Crippen molar-refractivity contribution in [3.63, 3.8) is 0 Å². The van der Waals surface area contributed by atoms with Crippen molar-refractivity contribution in [2.45, 2.75) is 19.2 Å². The SMILES string of the molecule is C=CC(Cl)C(=CC=C(C)C)OC. The molecule has 12 heavy (non-hydrogen) atoms. The molecule has 0 N–H and O–H groups in total. The molecule has 0 aliphatic heterocycles. The highest BCUT2D eigenvalue weighted by Crippen LogP contribution is 2.11. The van der Waals surface area contributed by atoms with Crippen LogP contribution in [0.2, 0.25) is 0 Å². The molecule has 68 valence electrons. The van der Waals surface area contributed by atoms with E-state index in [9.17, 15) is 0 Å². The van der Waals surface area contributed by atoms with Crippen LogP contribution in [0.4, 0.5) is 0 Å². The predicted octanol–water partition coefficient (Wildman–Crippen LogP) is 3.28. The Hall–Kier alpha value is -0.690. The third-order valence-corrected chi connectivity index (χ3v) is 1.69. The summed E-state index contributed by atoms with van der Waals surface area (Å²) in [5, 5.41) is -0.245. The van der Waals surface area contributed by atoms with Gasteiger partial charge in [0.2, 0.25) is 0 Å². The van der Waals surface area contributed by atoms with Crippen LogP contribution < -0.4 is 0 Å². The summed E-state index contributed by atoms with van der Waals surface area (Å²) in [6, 6.07) is 0. The number of alkyl halides is 1. The molecular weight excluding hydrogens is 172 g/mol. The van der Waals surface area contributed by atoms with E-state index in [2.05, 4.69) is 6.58 Å². The van der Waals surface area contributed by atoms with Gasteiger partial charge >= 0.3 is 0 Å². The van der Waals surface area contributed by atoms with Crippen LogP contribution in [0.3, 0.4) is 0 Å². The smallest absolute Gasteiger partial charge is 0.117 e. The summed E-state index contributed by atoms with van der Waals surface area (Å²) in [7, 11) is 1.60. The third kappa shape index (κ3) is 4.24. The maximum atomic E-state index is 5.87. The van der Waals surface area contributed by atoms with Crippen LogP contribution in [0.1, 0.15) is 13.8 Å². The van der Waals surface area contributed by atoms with E-state index in [4.69, 9.17) is 16.3 Å². The zero-order valence-electron chi connectivity index (χ0n) is 7.80. The topological polar surface area (TPSA) is 9.23 Å². The molecule has 1 atom stereocenters. The molecule has 2 heteroatoms. The van der Waals surface area contributed by atoms with Crippen molar-refractivity contribution in [1.82, 2.24) is 0 Å². The molecule has 0 rings (SSSR count). The highest BCUT2D eigenvalue weighted by atomic mass is 35.5. The largest absolute Gasteiger partial charge is 0.499 e. The molecule has 0 aliphatic rings. The van der Waals surface area contributed by atoms with Gasteiger partial charge in [-0.05, 0) is 19.9 Å². The highest BCUT2D eigenvalue weighted by molar-refractivity contribution is 6.23. The molecule has 0 bridgehead atoms. The number of rotatable bonds is 4. The standard InChI is InChI=1S/C10H15ClO/c1-5-9(11)10(12-4)7-6-8(2)3/h5-7,9H,1H2,2-4H3. The minimum absolute atomic E-state index is 0.245. The van der Waals surface area contributed by atoms with E-state index in [0.29, 0.717) is 5.76 Å². The summed E-state index contributed by atoms with van der Waals surface area (Å²) in [4.78, 5) is 0. The molecule has 0 aromatic heterocycles. The van der Waals surface area contributed by atoms with Gasteiger partial charge in [-0.1, -0.05) is 17.7 Å². The lowest BCUT2D eigenvalue weighted by Gasteiger charge is -2.07. The lowest BCUT2D eigenvalue weighted by atomic mass is 10.2. The first-order chi connectivity index (χ1) is 5.61. The molecule has 0 aromatic rings. The quantitative estimate of drug-likeness (QED) is 0.283. The van der Waals surface area contributed by atoms with E-state index in [0.717, 1.165) is 0 Å². The van der Waals surface area contributed by atoms with E-state index >= 15 is 0 Å². The summed E-state index contributed by atoms with van der Waals surface area (Å²) in [5.41, 5.74) is 1.21. The Kier molecular flexibility index (Phi) is 5.56. The molecule has 0 spiro atoms. The van der Waals surface area contributed by atoms with Gasteiger partial charge in [0.25, 0.3) is 0 Å². The fourth-order valence-electron chi connectivity index (χ4n) is 0.638. The highest BCUT2D eigenvalue weighted by Gasteiger charge is 2.04. The van der Waals surface area contributed by atoms with E-state index in [1.807, 2.05) is 26.0 Å². The van der Waals surface area contributed by atoms with Crippen LogP contribution >= 0.6 is 11.6 Å². The number of ether oxygens (including phenoxy) is 1. The summed E-state index contributed by atoms with van der Waals surface area (Å²) < 4.78 is 5.07. The zero-order valence-corrected chi connectivity index (χ0v) is 8.56. The van der Waals surface area contributed by atoms with Crippen molar-refractivity contribution in [3.05, 3.63) is 36.1 Å². The van der Waals surface area contributed by atoms with Crippen LogP contribution in [-0.2, 0) is 4.74 Å². The molecule has 0 fully saturated rings. The maximum Gasteiger partial charge on any atom is 0.117 e. The van der Waals surface area contributed by atoms with Crippen molar-refractivity contribution in [1.29, 1.82) is 0 Å². The number of allylic oxidation sites excluding steroid dienone is 4. The lowest BCUT2D eigenvalue weighted by Crippen LogP contribution is -2.00. The minimum Gasteiger partial charge on any atom is -0.499 e. The molecule has 1 nitrogen and oxygen atoms in total. The number of methoxy groups -OCH3 is 1. The van der Waals surface area contributed by atoms with Crippen LogP contribution in [0, 0.1) is 0 Å². The zero-order chi connectivity index (χ0) is 9.56. The van der Waals surface area contributed by atoms with Gasteiger partial charge < -0.3 is 4.74 Å². The average Bonchev–Trinajstić information content (AvgIpc) is 2.04. The minimum atomic E-state index is -0.245. The van der Waals surface area contributed by atoms with E-state index in [-0.39, 0.29) is 5.38 Å². The van der Waals surface area contributed by atoms with E-state index < -0.39 is 0 Å². The van der Waals surface area contributed by atoms with Gasteiger partial charge in [-0.25, -0.2) is 0 Å². The molecule has 0 saturated heterocycles. The van der Waals surface area contributed by atoms with Gasteiger partial charge in [-0.2, -0.15) is 0 Å². The van der Waals surface area contributed by atoms with Crippen LogP contribution in [0.5, 0.6) is 0 Å². The second-order valence-corrected chi connectivity index (χ2v) is 3.12. The maximum absolute atomic E-state index is 5.87.